The summed E-state index contributed by atoms with van der Waals surface area (Å²) < 4.78 is 1.27. The molecule has 1 aromatic carbocycles. The second kappa shape index (κ2) is 5.25. The van der Waals surface area contributed by atoms with Crippen molar-refractivity contribution in [3.63, 3.8) is 0 Å². The number of benzene rings is 1. The Hall–Kier alpha value is -2.77. The van der Waals surface area contributed by atoms with Crippen LogP contribution in [0.4, 0.5) is 5.69 Å². The lowest BCUT2D eigenvalue weighted by molar-refractivity contribution is -0.116. The lowest BCUT2D eigenvalue weighted by atomic mass is 10.1. The molecule has 0 aliphatic carbocycles. The van der Waals surface area contributed by atoms with Crippen LogP contribution in [0.3, 0.4) is 0 Å². The zero-order valence-electron chi connectivity index (χ0n) is 10.1. The van der Waals surface area contributed by atoms with E-state index >= 15 is 0 Å². The topological polar surface area (TPSA) is 110 Å². The number of hydrogen-bond acceptors (Lipinski definition) is 5. The Morgan fingerprint density at radius 2 is 2.21 bits per heavy atom. The summed E-state index contributed by atoms with van der Waals surface area (Å²) in [6.45, 7) is 1.65. The molecule has 98 valence electrons. The summed E-state index contributed by atoms with van der Waals surface area (Å²) in [5.74, 6) is -1.37. The van der Waals surface area contributed by atoms with Gasteiger partial charge in [-0.3, -0.25) is 4.79 Å². The maximum Gasteiger partial charge on any atom is 0.336 e. The van der Waals surface area contributed by atoms with E-state index in [1.807, 2.05) is 0 Å². The molecule has 2 aromatic rings. The van der Waals surface area contributed by atoms with E-state index in [9.17, 15) is 9.59 Å². The molecule has 0 unspecified atom stereocenters. The average molecular weight is 261 g/mol. The number of aromatic carboxylic acids is 1. The van der Waals surface area contributed by atoms with Gasteiger partial charge in [-0.1, -0.05) is 6.07 Å². The zero-order chi connectivity index (χ0) is 13.8. The molecule has 8 heteroatoms. The largest absolute Gasteiger partial charge is 0.478 e. The van der Waals surface area contributed by atoms with Gasteiger partial charge in [0.05, 0.1) is 5.56 Å². The Morgan fingerprint density at radius 3 is 2.84 bits per heavy atom. The standard InChI is InChI=1S/C11H11N5O3/c1-7-2-3-8(4-9(7)11(18)19)13-10(17)5-16-6-12-14-15-16/h2-4,6H,5H2,1H3,(H,13,17)(H,18,19). The van der Waals surface area contributed by atoms with Crippen LogP contribution in [0.1, 0.15) is 15.9 Å². The molecule has 1 aromatic heterocycles. The van der Waals surface area contributed by atoms with Crippen LogP contribution < -0.4 is 5.32 Å². The normalized spacial score (nSPS) is 10.2. The Balaban J connectivity index is 2.09. The van der Waals surface area contributed by atoms with Crippen LogP contribution in [0.15, 0.2) is 24.5 Å². The molecule has 1 amide bonds. The smallest absolute Gasteiger partial charge is 0.336 e. The van der Waals surface area contributed by atoms with Gasteiger partial charge in [0, 0.05) is 5.69 Å². The van der Waals surface area contributed by atoms with Crippen molar-refractivity contribution in [2.45, 2.75) is 13.5 Å². The van der Waals surface area contributed by atoms with Crippen molar-refractivity contribution in [3.05, 3.63) is 35.7 Å². The van der Waals surface area contributed by atoms with Crippen LogP contribution in [-0.2, 0) is 11.3 Å². The zero-order valence-corrected chi connectivity index (χ0v) is 10.1. The van der Waals surface area contributed by atoms with Gasteiger partial charge >= 0.3 is 5.97 Å². The number of nitrogens with zero attached hydrogens (tertiary/aromatic N) is 4. The van der Waals surface area contributed by atoms with E-state index in [2.05, 4.69) is 20.8 Å². The maximum absolute atomic E-state index is 11.7. The first-order chi connectivity index (χ1) is 9.06. The van der Waals surface area contributed by atoms with Crippen molar-refractivity contribution in [2.75, 3.05) is 5.32 Å². The molecule has 2 N–H and O–H groups in total. The number of carboxylic acids is 1. The van der Waals surface area contributed by atoms with Gasteiger partial charge in [-0.25, -0.2) is 9.48 Å². The van der Waals surface area contributed by atoms with E-state index in [0.717, 1.165) is 0 Å². The van der Waals surface area contributed by atoms with E-state index in [4.69, 9.17) is 5.11 Å². The fourth-order valence-corrected chi connectivity index (χ4v) is 1.53. The number of aryl methyl sites for hydroxylation is 1. The molecule has 0 radical (unpaired) electrons. The lowest BCUT2D eigenvalue weighted by Crippen LogP contribution is -2.19. The average Bonchev–Trinajstić information content (AvgIpc) is 2.84. The Labute approximate surface area is 108 Å². The van der Waals surface area contributed by atoms with Crippen LogP contribution in [-0.4, -0.2) is 37.2 Å². The summed E-state index contributed by atoms with van der Waals surface area (Å²) in [5, 5.41) is 21.9. The fourth-order valence-electron chi connectivity index (χ4n) is 1.53. The van der Waals surface area contributed by atoms with Gasteiger partial charge < -0.3 is 10.4 Å². The highest BCUT2D eigenvalue weighted by Gasteiger charge is 2.10. The van der Waals surface area contributed by atoms with Gasteiger partial charge in [0.2, 0.25) is 5.91 Å². The summed E-state index contributed by atoms with van der Waals surface area (Å²) in [6.07, 6.45) is 1.32. The summed E-state index contributed by atoms with van der Waals surface area (Å²) in [6, 6.07) is 4.69. The molecule has 0 spiro atoms. The number of anilines is 1. The summed E-state index contributed by atoms with van der Waals surface area (Å²) in [5.41, 5.74) is 1.20. The number of carbonyl (C=O) groups is 2. The van der Waals surface area contributed by atoms with Gasteiger partial charge in [0.1, 0.15) is 12.9 Å². The predicted molar refractivity (Wildman–Crippen MR) is 64.6 cm³/mol. The third-order valence-electron chi connectivity index (χ3n) is 2.45. The minimum atomic E-state index is -1.03. The minimum Gasteiger partial charge on any atom is -0.478 e. The molecule has 0 aliphatic rings. The molecule has 19 heavy (non-hydrogen) atoms. The van der Waals surface area contributed by atoms with Crippen molar-refractivity contribution in [1.82, 2.24) is 20.2 Å². The number of aromatic nitrogens is 4. The highest BCUT2D eigenvalue weighted by Crippen LogP contribution is 2.15. The number of carbonyl (C=O) groups excluding carboxylic acids is 1. The maximum atomic E-state index is 11.7. The molecule has 0 bridgehead atoms. The predicted octanol–water partition coefficient (Wildman–Crippen LogP) is 0.318. The number of amides is 1. The van der Waals surface area contributed by atoms with Crippen molar-refractivity contribution in [2.24, 2.45) is 0 Å². The summed E-state index contributed by atoms with van der Waals surface area (Å²) >= 11 is 0. The van der Waals surface area contributed by atoms with E-state index in [0.29, 0.717) is 11.3 Å². The molecular formula is C11H11N5O3. The molecule has 0 aliphatic heterocycles. The van der Waals surface area contributed by atoms with E-state index in [1.54, 1.807) is 19.1 Å². The molecule has 0 saturated heterocycles. The third kappa shape index (κ3) is 3.12. The van der Waals surface area contributed by atoms with Gasteiger partial charge in [-0.2, -0.15) is 0 Å². The molecule has 1 heterocycles. The number of rotatable bonds is 4. The second-order valence-corrected chi connectivity index (χ2v) is 3.89. The Bertz CT molecular complexity index is 609. The molecular weight excluding hydrogens is 250 g/mol. The van der Waals surface area contributed by atoms with Gasteiger partial charge in [0.15, 0.2) is 0 Å². The van der Waals surface area contributed by atoms with Gasteiger partial charge in [-0.05, 0) is 35.0 Å². The van der Waals surface area contributed by atoms with Gasteiger partial charge in [-0.15, -0.1) is 5.10 Å². The van der Waals surface area contributed by atoms with Crippen molar-refractivity contribution in [1.29, 1.82) is 0 Å². The first-order valence-electron chi connectivity index (χ1n) is 5.41. The monoisotopic (exact) mass is 261 g/mol. The molecule has 0 atom stereocenters. The lowest BCUT2D eigenvalue weighted by Gasteiger charge is -2.07. The van der Waals surface area contributed by atoms with Crippen LogP contribution in [0.5, 0.6) is 0 Å². The third-order valence-corrected chi connectivity index (χ3v) is 2.45. The number of hydrogen-bond donors (Lipinski definition) is 2. The van der Waals surface area contributed by atoms with Crippen molar-refractivity contribution < 1.29 is 14.7 Å². The molecule has 8 nitrogen and oxygen atoms in total. The number of carboxylic acid groups (broad SMARTS) is 1. The SMILES string of the molecule is Cc1ccc(NC(=O)Cn2cnnn2)cc1C(=O)O. The Kier molecular flexibility index (Phi) is 3.51. The van der Waals surface area contributed by atoms with Crippen LogP contribution >= 0.6 is 0 Å². The Morgan fingerprint density at radius 1 is 1.42 bits per heavy atom. The fraction of sp³-hybridized carbons (Fsp3) is 0.182. The van der Waals surface area contributed by atoms with Crippen molar-refractivity contribution in [3.8, 4) is 0 Å². The quantitative estimate of drug-likeness (QED) is 0.820. The summed E-state index contributed by atoms with van der Waals surface area (Å²) in [4.78, 5) is 22.6. The first-order valence-corrected chi connectivity index (χ1v) is 5.41. The highest BCUT2D eigenvalue weighted by molar-refractivity contribution is 5.94. The highest BCUT2D eigenvalue weighted by atomic mass is 16.4. The van der Waals surface area contributed by atoms with Crippen LogP contribution in [0, 0.1) is 6.92 Å². The summed E-state index contributed by atoms with van der Waals surface area (Å²) in [7, 11) is 0. The van der Waals surface area contributed by atoms with E-state index in [1.165, 1.54) is 17.1 Å². The van der Waals surface area contributed by atoms with Crippen LogP contribution in [0.2, 0.25) is 0 Å². The van der Waals surface area contributed by atoms with Gasteiger partial charge in [0.25, 0.3) is 0 Å². The molecule has 0 fully saturated rings. The van der Waals surface area contributed by atoms with E-state index in [-0.39, 0.29) is 18.0 Å². The number of nitrogens with one attached hydrogen (secondary N) is 1. The van der Waals surface area contributed by atoms with E-state index < -0.39 is 5.97 Å². The molecule has 0 saturated carbocycles. The minimum absolute atomic E-state index is 0.0384. The van der Waals surface area contributed by atoms with Crippen LogP contribution in [0.25, 0.3) is 0 Å². The second-order valence-electron chi connectivity index (χ2n) is 3.89. The molecule has 2 rings (SSSR count). The number of tetrazole rings is 1. The first kappa shape index (κ1) is 12.7. The van der Waals surface area contributed by atoms with Crippen molar-refractivity contribution >= 4 is 17.6 Å².